The van der Waals surface area contributed by atoms with Gasteiger partial charge in [-0.3, -0.25) is 4.79 Å². The monoisotopic (exact) mass is 382 g/mol. The average molecular weight is 383 g/mol. The number of amides is 1. The van der Waals surface area contributed by atoms with Gasteiger partial charge in [-0.05, 0) is 43.3 Å². The van der Waals surface area contributed by atoms with Gasteiger partial charge in [0.05, 0.1) is 17.8 Å². The molecule has 0 aliphatic heterocycles. The number of nitrogens with one attached hydrogen (secondary N) is 1. The van der Waals surface area contributed by atoms with Gasteiger partial charge in [-0.25, -0.2) is 0 Å². The number of benzene rings is 2. The number of carbonyl (C=O) groups excluding carboxylic acids is 1. The van der Waals surface area contributed by atoms with Crippen molar-refractivity contribution in [2.45, 2.75) is 6.92 Å². The predicted molar refractivity (Wildman–Crippen MR) is 97.6 cm³/mol. The second-order valence-corrected chi connectivity index (χ2v) is 5.69. The molecule has 1 amide bonds. The molecule has 6 nitrogen and oxygen atoms in total. The van der Waals surface area contributed by atoms with E-state index in [2.05, 4.69) is 10.5 Å². The maximum absolute atomic E-state index is 12.0. The zero-order chi connectivity index (χ0) is 18.2. The van der Waals surface area contributed by atoms with Gasteiger partial charge >= 0.3 is 0 Å². The molecule has 2 aromatic rings. The molecule has 0 atom stereocenters. The van der Waals surface area contributed by atoms with Crippen molar-refractivity contribution in [2.75, 3.05) is 18.5 Å². The van der Waals surface area contributed by atoms with Crippen molar-refractivity contribution in [3.05, 3.63) is 52.0 Å². The maximum Gasteiger partial charge on any atom is 0.262 e. The van der Waals surface area contributed by atoms with Gasteiger partial charge < -0.3 is 20.0 Å². The zero-order valence-electron chi connectivity index (χ0n) is 13.3. The van der Waals surface area contributed by atoms with E-state index in [4.69, 9.17) is 37.9 Å². The fourth-order valence-corrected chi connectivity index (χ4v) is 2.40. The molecule has 0 radical (unpaired) electrons. The van der Waals surface area contributed by atoms with Gasteiger partial charge in [0.25, 0.3) is 5.91 Å². The minimum atomic E-state index is -0.359. The van der Waals surface area contributed by atoms with Crippen molar-refractivity contribution in [2.24, 2.45) is 5.16 Å². The summed E-state index contributed by atoms with van der Waals surface area (Å²) in [5, 5.41) is 15.1. The lowest BCUT2D eigenvalue weighted by molar-refractivity contribution is -0.118. The molecule has 2 aromatic carbocycles. The second kappa shape index (κ2) is 9.15. The lowest BCUT2D eigenvalue weighted by Gasteiger charge is -2.14. The molecule has 0 saturated carbocycles. The zero-order valence-corrected chi connectivity index (χ0v) is 14.8. The van der Waals surface area contributed by atoms with Crippen LogP contribution in [0.15, 0.2) is 41.6 Å². The number of hydrogen-bond acceptors (Lipinski definition) is 5. The number of nitrogens with zero attached hydrogens (tertiary/aromatic N) is 1. The highest BCUT2D eigenvalue weighted by Crippen LogP contribution is 2.36. The van der Waals surface area contributed by atoms with Crippen LogP contribution in [0.1, 0.15) is 12.5 Å². The summed E-state index contributed by atoms with van der Waals surface area (Å²) in [4.78, 5) is 12.0. The Morgan fingerprint density at radius 3 is 2.60 bits per heavy atom. The number of carbonyl (C=O) groups is 1. The van der Waals surface area contributed by atoms with E-state index in [0.717, 1.165) is 0 Å². The van der Waals surface area contributed by atoms with Crippen LogP contribution in [-0.2, 0) is 4.79 Å². The van der Waals surface area contributed by atoms with Gasteiger partial charge in [0.15, 0.2) is 18.1 Å². The Morgan fingerprint density at radius 1 is 1.24 bits per heavy atom. The van der Waals surface area contributed by atoms with E-state index in [1.54, 1.807) is 37.3 Å². The van der Waals surface area contributed by atoms with Crippen LogP contribution in [0, 0.1) is 0 Å². The SMILES string of the molecule is CCOc1cc(/C=N\O)cc(Cl)c1OCC(=O)Nc1ccc(Cl)cc1. The smallest absolute Gasteiger partial charge is 0.262 e. The number of rotatable bonds is 7. The number of ether oxygens (including phenoxy) is 2. The Bertz CT molecular complexity index is 764. The molecule has 0 spiro atoms. The third-order valence-electron chi connectivity index (χ3n) is 3.01. The Morgan fingerprint density at radius 2 is 1.96 bits per heavy atom. The Kier molecular flexibility index (Phi) is 6.91. The number of halogens is 2. The van der Waals surface area contributed by atoms with Crippen LogP contribution in [0.5, 0.6) is 11.5 Å². The van der Waals surface area contributed by atoms with Crippen LogP contribution in [0.25, 0.3) is 0 Å². The summed E-state index contributed by atoms with van der Waals surface area (Å²) in [5.41, 5.74) is 1.14. The van der Waals surface area contributed by atoms with Crippen molar-refractivity contribution in [1.29, 1.82) is 0 Å². The molecule has 0 aliphatic rings. The maximum atomic E-state index is 12.0. The van der Waals surface area contributed by atoms with Gasteiger partial charge in [-0.2, -0.15) is 0 Å². The lowest BCUT2D eigenvalue weighted by atomic mass is 10.2. The molecule has 0 bridgehead atoms. The van der Waals surface area contributed by atoms with E-state index in [1.165, 1.54) is 12.3 Å². The van der Waals surface area contributed by atoms with E-state index in [-0.39, 0.29) is 23.3 Å². The highest BCUT2D eigenvalue weighted by Gasteiger charge is 2.14. The van der Waals surface area contributed by atoms with E-state index < -0.39 is 0 Å². The Balaban J connectivity index is 2.08. The molecular weight excluding hydrogens is 367 g/mol. The van der Waals surface area contributed by atoms with Crippen molar-refractivity contribution >= 4 is 41.0 Å². The van der Waals surface area contributed by atoms with Crippen molar-refractivity contribution in [3.63, 3.8) is 0 Å². The lowest BCUT2D eigenvalue weighted by Crippen LogP contribution is -2.20. The molecule has 0 aliphatic carbocycles. The number of oxime groups is 1. The fraction of sp³-hybridized carbons (Fsp3) is 0.176. The van der Waals surface area contributed by atoms with Gasteiger partial charge in [0, 0.05) is 16.3 Å². The van der Waals surface area contributed by atoms with Crippen LogP contribution in [0.4, 0.5) is 5.69 Å². The topological polar surface area (TPSA) is 80.2 Å². The molecule has 0 unspecified atom stereocenters. The number of anilines is 1. The van der Waals surface area contributed by atoms with E-state index in [1.807, 2.05) is 0 Å². The first-order valence-electron chi connectivity index (χ1n) is 7.35. The van der Waals surface area contributed by atoms with Crippen LogP contribution in [0.2, 0.25) is 10.0 Å². The van der Waals surface area contributed by atoms with Crippen LogP contribution in [0.3, 0.4) is 0 Å². The Labute approximate surface area is 155 Å². The molecule has 0 aromatic heterocycles. The predicted octanol–water partition coefficient (Wildman–Crippen LogP) is 4.22. The molecular formula is C17H16Cl2N2O4. The Hall–Kier alpha value is -2.44. The molecule has 25 heavy (non-hydrogen) atoms. The van der Waals surface area contributed by atoms with Crippen LogP contribution < -0.4 is 14.8 Å². The second-order valence-electron chi connectivity index (χ2n) is 4.85. The normalized spacial score (nSPS) is 10.7. The fourth-order valence-electron chi connectivity index (χ4n) is 2.00. The summed E-state index contributed by atoms with van der Waals surface area (Å²) in [6.45, 7) is 1.93. The minimum Gasteiger partial charge on any atom is -0.490 e. The van der Waals surface area contributed by atoms with E-state index in [0.29, 0.717) is 28.6 Å². The standard InChI is InChI=1S/C17H16Cl2N2O4/c1-2-24-15-8-11(9-20-23)7-14(19)17(15)25-10-16(22)21-13-5-3-12(18)4-6-13/h3-9,23H,2,10H2,1H3,(H,21,22)/b20-9-. The van der Waals surface area contributed by atoms with Gasteiger partial charge in [-0.1, -0.05) is 28.4 Å². The highest BCUT2D eigenvalue weighted by atomic mass is 35.5. The summed E-state index contributed by atoms with van der Waals surface area (Å²) in [7, 11) is 0. The quantitative estimate of drug-likeness (QED) is 0.426. The molecule has 2 N–H and O–H groups in total. The molecule has 2 rings (SSSR count). The largest absolute Gasteiger partial charge is 0.490 e. The first kappa shape index (κ1) is 18.9. The first-order valence-corrected chi connectivity index (χ1v) is 8.11. The molecule has 0 heterocycles. The first-order chi connectivity index (χ1) is 12.0. The number of hydrogen-bond donors (Lipinski definition) is 2. The van der Waals surface area contributed by atoms with Crippen LogP contribution >= 0.6 is 23.2 Å². The van der Waals surface area contributed by atoms with E-state index in [9.17, 15) is 4.79 Å². The molecule has 0 saturated heterocycles. The summed E-state index contributed by atoms with van der Waals surface area (Å²) < 4.78 is 11.0. The summed E-state index contributed by atoms with van der Waals surface area (Å²) in [6, 6.07) is 9.84. The van der Waals surface area contributed by atoms with Gasteiger partial charge in [0.2, 0.25) is 0 Å². The van der Waals surface area contributed by atoms with Crippen molar-refractivity contribution < 1.29 is 19.5 Å². The molecule has 0 fully saturated rings. The minimum absolute atomic E-state index is 0.236. The van der Waals surface area contributed by atoms with E-state index >= 15 is 0 Å². The molecule has 132 valence electrons. The van der Waals surface area contributed by atoms with Gasteiger partial charge in [0.1, 0.15) is 0 Å². The highest BCUT2D eigenvalue weighted by molar-refractivity contribution is 6.32. The molecule has 8 heteroatoms. The summed E-state index contributed by atoms with van der Waals surface area (Å²) in [5.74, 6) is 0.232. The average Bonchev–Trinajstić information content (AvgIpc) is 2.57. The third-order valence-corrected chi connectivity index (χ3v) is 3.55. The van der Waals surface area contributed by atoms with Crippen molar-refractivity contribution in [1.82, 2.24) is 0 Å². The van der Waals surface area contributed by atoms with Crippen LogP contribution in [-0.4, -0.2) is 30.5 Å². The third kappa shape index (κ3) is 5.55. The van der Waals surface area contributed by atoms with Gasteiger partial charge in [-0.15, -0.1) is 0 Å². The summed E-state index contributed by atoms with van der Waals surface area (Å²) in [6.07, 6.45) is 1.21. The van der Waals surface area contributed by atoms with Crippen molar-refractivity contribution in [3.8, 4) is 11.5 Å². The summed E-state index contributed by atoms with van der Waals surface area (Å²) >= 11 is 12.0.